The third-order valence-electron chi connectivity index (χ3n) is 1.66. The molecule has 1 aromatic carbocycles. The first-order valence-corrected chi connectivity index (χ1v) is 4.39. The minimum absolute atomic E-state index is 1.01. The molecule has 0 amide bonds. The van der Waals surface area contributed by atoms with Crippen LogP contribution in [0.1, 0.15) is 18.1 Å². The summed E-state index contributed by atoms with van der Waals surface area (Å²) >= 11 is 3.48. The van der Waals surface area contributed by atoms with Gasteiger partial charge in [0.2, 0.25) is 0 Å². The summed E-state index contributed by atoms with van der Waals surface area (Å²) in [6.07, 6.45) is 3.92. The van der Waals surface area contributed by atoms with Crippen molar-refractivity contribution in [2.75, 3.05) is 0 Å². The smallest absolute Gasteiger partial charge is 0.0213 e. The van der Waals surface area contributed by atoms with Gasteiger partial charge in [-0.05, 0) is 29.7 Å². The molecule has 11 heavy (non-hydrogen) atoms. The van der Waals surface area contributed by atoms with Crippen LogP contribution >= 0.6 is 15.9 Å². The van der Waals surface area contributed by atoms with Gasteiger partial charge in [-0.25, -0.2) is 0 Å². The normalized spacial score (nSPS) is 9.64. The molecule has 0 unspecified atom stereocenters. The van der Waals surface area contributed by atoms with Crippen LogP contribution in [0.2, 0.25) is 0 Å². The fourth-order valence-electron chi connectivity index (χ4n) is 1.08. The van der Waals surface area contributed by atoms with Crippen molar-refractivity contribution in [1.82, 2.24) is 0 Å². The predicted molar refractivity (Wildman–Crippen MR) is 51.5 cm³/mol. The van der Waals surface area contributed by atoms with Crippen LogP contribution in [0.25, 0.3) is 0 Å². The minimum Gasteiger partial charge on any atom is -0.0905 e. The van der Waals surface area contributed by atoms with Gasteiger partial charge < -0.3 is 0 Å². The van der Waals surface area contributed by atoms with Crippen LogP contribution in [-0.2, 0) is 6.42 Å². The molecule has 0 heterocycles. The van der Waals surface area contributed by atoms with Gasteiger partial charge in [0.1, 0.15) is 0 Å². The Bertz CT molecular complexity index is 264. The van der Waals surface area contributed by atoms with Crippen LogP contribution in [-0.4, -0.2) is 0 Å². The van der Waals surface area contributed by atoms with E-state index in [2.05, 4.69) is 35.5 Å². The monoisotopic (exact) mass is 209 g/mol. The van der Waals surface area contributed by atoms with Crippen LogP contribution in [0.15, 0.2) is 29.3 Å². The maximum atomic E-state index is 3.63. The molecule has 0 bridgehead atoms. The zero-order valence-electron chi connectivity index (χ0n) is 6.52. The fraction of sp³-hybridized carbons (Fsp3) is 0.200. The predicted octanol–water partition coefficient (Wildman–Crippen LogP) is 3.35. The highest BCUT2D eigenvalue weighted by molar-refractivity contribution is 9.10. The van der Waals surface area contributed by atoms with Crippen molar-refractivity contribution in [3.63, 3.8) is 0 Å². The standard InChI is InChI=1S/C10H10Br/c1-3-8-6-5-7-10(11)9(8)4-2/h5-7H,1,4H2,2H3. The Balaban J connectivity index is 3.23. The number of benzene rings is 1. The van der Waals surface area contributed by atoms with Gasteiger partial charge in [-0.3, -0.25) is 0 Å². The highest BCUT2D eigenvalue weighted by atomic mass is 79.9. The van der Waals surface area contributed by atoms with Crippen molar-refractivity contribution >= 4 is 15.9 Å². The van der Waals surface area contributed by atoms with Crippen LogP contribution in [0.3, 0.4) is 0 Å². The molecule has 0 fully saturated rings. The average molecular weight is 210 g/mol. The van der Waals surface area contributed by atoms with E-state index < -0.39 is 0 Å². The summed E-state index contributed by atoms with van der Waals surface area (Å²) in [6.45, 7) is 5.76. The number of rotatable bonds is 2. The third-order valence-corrected chi connectivity index (χ3v) is 2.41. The van der Waals surface area contributed by atoms with Crippen LogP contribution in [0.4, 0.5) is 0 Å². The molecule has 0 nitrogen and oxygen atoms in total. The number of hydrogen-bond acceptors (Lipinski definition) is 0. The first kappa shape index (κ1) is 8.54. The molecule has 0 aliphatic heterocycles. The van der Waals surface area contributed by atoms with Gasteiger partial charge in [0.25, 0.3) is 0 Å². The van der Waals surface area contributed by atoms with Gasteiger partial charge in [0.05, 0.1) is 0 Å². The second kappa shape index (κ2) is 3.72. The molecule has 1 heteroatoms. The molecule has 0 aliphatic rings. The van der Waals surface area contributed by atoms with Gasteiger partial charge in [0, 0.05) is 4.47 Å². The first-order chi connectivity index (χ1) is 5.29. The molecule has 1 rings (SSSR count). The SMILES string of the molecule is C=[C]c1cccc(Br)c1CC. The highest BCUT2D eigenvalue weighted by Crippen LogP contribution is 2.20. The largest absolute Gasteiger partial charge is 0.0905 e. The summed E-state index contributed by atoms with van der Waals surface area (Å²) in [4.78, 5) is 0. The molecule has 0 aromatic heterocycles. The van der Waals surface area contributed by atoms with Gasteiger partial charge in [-0.1, -0.05) is 41.6 Å². The minimum atomic E-state index is 1.01. The highest BCUT2D eigenvalue weighted by Gasteiger charge is 2.00. The Morgan fingerprint density at radius 1 is 1.55 bits per heavy atom. The molecule has 57 valence electrons. The molecule has 0 spiro atoms. The van der Waals surface area contributed by atoms with Crippen LogP contribution in [0, 0.1) is 6.08 Å². The Morgan fingerprint density at radius 2 is 2.27 bits per heavy atom. The number of hydrogen-bond donors (Lipinski definition) is 0. The lowest BCUT2D eigenvalue weighted by Gasteiger charge is -2.03. The van der Waals surface area contributed by atoms with Crippen molar-refractivity contribution < 1.29 is 0 Å². The van der Waals surface area contributed by atoms with Gasteiger partial charge >= 0.3 is 0 Å². The quantitative estimate of drug-likeness (QED) is 0.702. The van der Waals surface area contributed by atoms with E-state index in [1.165, 1.54) is 5.56 Å². The summed E-state index contributed by atoms with van der Waals surface area (Å²) in [6, 6.07) is 6.06. The summed E-state index contributed by atoms with van der Waals surface area (Å²) in [5, 5.41) is 0. The lowest BCUT2D eigenvalue weighted by atomic mass is 10.1. The van der Waals surface area contributed by atoms with Gasteiger partial charge in [0.15, 0.2) is 0 Å². The van der Waals surface area contributed by atoms with Crippen molar-refractivity contribution in [1.29, 1.82) is 0 Å². The molecular formula is C10H10Br. The van der Waals surface area contributed by atoms with E-state index in [1.807, 2.05) is 18.2 Å². The van der Waals surface area contributed by atoms with Gasteiger partial charge in [-0.15, -0.1) is 0 Å². The Hall–Kier alpha value is -0.560. The van der Waals surface area contributed by atoms with Crippen LogP contribution in [0.5, 0.6) is 0 Å². The fourth-order valence-corrected chi connectivity index (χ4v) is 1.73. The summed E-state index contributed by atoms with van der Waals surface area (Å²) < 4.78 is 1.15. The van der Waals surface area contributed by atoms with E-state index in [0.717, 1.165) is 16.5 Å². The van der Waals surface area contributed by atoms with E-state index in [9.17, 15) is 0 Å². The Labute approximate surface area is 76.1 Å². The third kappa shape index (κ3) is 1.72. The second-order valence-corrected chi connectivity index (χ2v) is 3.15. The van der Waals surface area contributed by atoms with E-state index >= 15 is 0 Å². The Kier molecular flexibility index (Phi) is 2.89. The van der Waals surface area contributed by atoms with Crippen molar-refractivity contribution in [2.45, 2.75) is 13.3 Å². The average Bonchev–Trinajstić information content (AvgIpc) is 2.04. The molecule has 1 radical (unpaired) electrons. The zero-order valence-corrected chi connectivity index (χ0v) is 8.11. The van der Waals surface area contributed by atoms with Gasteiger partial charge in [-0.2, -0.15) is 0 Å². The van der Waals surface area contributed by atoms with E-state index in [0.29, 0.717) is 0 Å². The zero-order chi connectivity index (χ0) is 8.27. The van der Waals surface area contributed by atoms with Crippen molar-refractivity contribution in [3.05, 3.63) is 46.5 Å². The molecule has 0 saturated carbocycles. The Morgan fingerprint density at radius 3 is 2.73 bits per heavy atom. The summed E-state index contributed by atoms with van der Waals surface area (Å²) in [5.41, 5.74) is 2.38. The lowest BCUT2D eigenvalue weighted by molar-refractivity contribution is 1.11. The van der Waals surface area contributed by atoms with Crippen molar-refractivity contribution in [3.8, 4) is 0 Å². The van der Waals surface area contributed by atoms with E-state index in [1.54, 1.807) is 0 Å². The first-order valence-electron chi connectivity index (χ1n) is 3.60. The lowest BCUT2D eigenvalue weighted by Crippen LogP contribution is -1.87. The molecule has 0 saturated heterocycles. The molecule has 0 aliphatic carbocycles. The molecule has 1 aromatic rings. The molecule has 0 atom stereocenters. The van der Waals surface area contributed by atoms with E-state index in [-0.39, 0.29) is 0 Å². The summed E-state index contributed by atoms with van der Waals surface area (Å²) in [7, 11) is 0. The molecular weight excluding hydrogens is 200 g/mol. The second-order valence-electron chi connectivity index (χ2n) is 2.30. The van der Waals surface area contributed by atoms with E-state index in [4.69, 9.17) is 0 Å². The topological polar surface area (TPSA) is 0 Å². The maximum Gasteiger partial charge on any atom is 0.0213 e. The van der Waals surface area contributed by atoms with Crippen molar-refractivity contribution in [2.24, 2.45) is 0 Å². The number of halogens is 1. The molecule has 0 N–H and O–H groups in total. The maximum absolute atomic E-state index is 3.63. The van der Waals surface area contributed by atoms with Crippen LogP contribution < -0.4 is 0 Å². The summed E-state index contributed by atoms with van der Waals surface area (Å²) in [5.74, 6) is 0.